The predicted octanol–water partition coefficient (Wildman–Crippen LogP) is 2.12. The van der Waals surface area contributed by atoms with Gasteiger partial charge in [-0.05, 0) is 34.1 Å². The number of nitrogens with one attached hydrogen (secondary N) is 2. The lowest BCUT2D eigenvalue weighted by Gasteiger charge is -2.08. The Kier molecular flexibility index (Phi) is 4.14. The lowest BCUT2D eigenvalue weighted by Crippen LogP contribution is -2.15. The third-order valence-electron chi connectivity index (χ3n) is 2.29. The average molecular weight is 367 g/mol. The maximum Gasteiger partial charge on any atom is 0.279 e. The number of hydrogen-bond donors (Lipinski definition) is 3. The third kappa shape index (κ3) is 3.08. The standard InChI is InChI=1S/C10H9BrClN3O3S/c11-8-2-1-7(3-9(8)12)15-19(17,18)10-6(5-16)4-13-14-10/h1-4,15-16H,5H2,(H,13,14). The molecule has 102 valence electrons. The van der Waals surface area contributed by atoms with Crippen LogP contribution in [0.2, 0.25) is 5.02 Å². The van der Waals surface area contributed by atoms with Gasteiger partial charge in [0.05, 0.1) is 23.5 Å². The number of aliphatic hydroxyl groups excluding tert-OH is 1. The van der Waals surface area contributed by atoms with Crippen LogP contribution in [0.1, 0.15) is 5.56 Å². The fraction of sp³-hybridized carbons (Fsp3) is 0.100. The Bertz CT molecular complexity index is 702. The number of aromatic amines is 1. The van der Waals surface area contributed by atoms with Crippen molar-refractivity contribution in [3.05, 3.63) is 39.5 Å². The smallest absolute Gasteiger partial charge is 0.279 e. The average Bonchev–Trinajstić information content (AvgIpc) is 2.82. The Morgan fingerprint density at radius 3 is 2.84 bits per heavy atom. The lowest BCUT2D eigenvalue weighted by atomic mass is 10.3. The number of rotatable bonds is 4. The van der Waals surface area contributed by atoms with Crippen LogP contribution in [0.5, 0.6) is 0 Å². The molecule has 0 unspecified atom stereocenters. The highest BCUT2D eigenvalue weighted by atomic mass is 79.9. The molecule has 1 heterocycles. The quantitative estimate of drug-likeness (QED) is 0.772. The van der Waals surface area contributed by atoms with Gasteiger partial charge in [-0.1, -0.05) is 11.6 Å². The highest BCUT2D eigenvalue weighted by Gasteiger charge is 2.20. The summed E-state index contributed by atoms with van der Waals surface area (Å²) in [5.74, 6) is 0. The summed E-state index contributed by atoms with van der Waals surface area (Å²) in [4.78, 5) is 0. The summed E-state index contributed by atoms with van der Waals surface area (Å²) in [5.41, 5.74) is 0.502. The van der Waals surface area contributed by atoms with Crippen molar-refractivity contribution < 1.29 is 13.5 Å². The molecule has 1 aromatic heterocycles. The molecule has 0 saturated carbocycles. The van der Waals surface area contributed by atoms with Crippen LogP contribution in [0.3, 0.4) is 0 Å². The van der Waals surface area contributed by atoms with Crippen LogP contribution in [-0.2, 0) is 16.6 Å². The van der Waals surface area contributed by atoms with Gasteiger partial charge in [0.15, 0.2) is 5.03 Å². The molecule has 9 heteroatoms. The van der Waals surface area contributed by atoms with E-state index in [-0.39, 0.29) is 10.6 Å². The molecule has 0 amide bonds. The topological polar surface area (TPSA) is 95.1 Å². The zero-order chi connectivity index (χ0) is 14.0. The second-order valence-corrected chi connectivity index (χ2v) is 6.50. The first-order chi connectivity index (χ1) is 8.94. The Morgan fingerprint density at radius 2 is 2.21 bits per heavy atom. The number of hydrogen-bond acceptors (Lipinski definition) is 4. The molecule has 2 rings (SSSR count). The second-order valence-electron chi connectivity index (χ2n) is 3.62. The Morgan fingerprint density at radius 1 is 1.47 bits per heavy atom. The molecule has 0 radical (unpaired) electrons. The van der Waals surface area contributed by atoms with Gasteiger partial charge in [0.1, 0.15) is 0 Å². The van der Waals surface area contributed by atoms with Crippen LogP contribution in [0.4, 0.5) is 5.69 Å². The van der Waals surface area contributed by atoms with Gasteiger partial charge in [-0.3, -0.25) is 9.82 Å². The molecule has 0 fully saturated rings. The number of H-pyrrole nitrogens is 1. The summed E-state index contributed by atoms with van der Waals surface area (Å²) < 4.78 is 27.2. The van der Waals surface area contributed by atoms with Gasteiger partial charge < -0.3 is 5.11 Å². The van der Waals surface area contributed by atoms with Crippen LogP contribution in [-0.4, -0.2) is 23.7 Å². The Labute approximate surface area is 123 Å². The first-order valence-corrected chi connectivity index (χ1v) is 7.70. The monoisotopic (exact) mass is 365 g/mol. The van der Waals surface area contributed by atoms with Crippen molar-refractivity contribution in [2.75, 3.05) is 4.72 Å². The van der Waals surface area contributed by atoms with E-state index >= 15 is 0 Å². The zero-order valence-corrected chi connectivity index (χ0v) is 12.6. The van der Waals surface area contributed by atoms with Crippen LogP contribution in [0.15, 0.2) is 33.9 Å². The van der Waals surface area contributed by atoms with Gasteiger partial charge in [0.25, 0.3) is 10.0 Å². The van der Waals surface area contributed by atoms with Crippen LogP contribution in [0, 0.1) is 0 Å². The maximum atomic E-state index is 12.1. The molecule has 1 aromatic carbocycles. The zero-order valence-electron chi connectivity index (χ0n) is 9.39. The Balaban J connectivity index is 2.34. The van der Waals surface area contributed by atoms with E-state index in [2.05, 4.69) is 30.8 Å². The molecule has 0 aliphatic carbocycles. The van der Waals surface area contributed by atoms with Gasteiger partial charge >= 0.3 is 0 Å². The predicted molar refractivity (Wildman–Crippen MR) is 74.5 cm³/mol. The number of anilines is 1. The summed E-state index contributed by atoms with van der Waals surface area (Å²) in [5, 5.41) is 15.2. The minimum absolute atomic E-state index is 0.172. The summed E-state index contributed by atoms with van der Waals surface area (Å²) in [6.07, 6.45) is 1.25. The van der Waals surface area contributed by atoms with Crippen LogP contribution >= 0.6 is 27.5 Å². The highest BCUT2D eigenvalue weighted by Crippen LogP contribution is 2.27. The molecule has 0 bridgehead atoms. The SMILES string of the molecule is O=S(=O)(Nc1ccc(Br)c(Cl)c1)c1[nH]ncc1CO. The van der Waals surface area contributed by atoms with Crippen molar-refractivity contribution in [3.63, 3.8) is 0 Å². The Hall–Kier alpha value is -1.09. The van der Waals surface area contributed by atoms with Crippen LogP contribution in [0.25, 0.3) is 0 Å². The van der Waals surface area contributed by atoms with E-state index < -0.39 is 16.6 Å². The van der Waals surface area contributed by atoms with E-state index in [1.54, 1.807) is 12.1 Å². The first-order valence-electron chi connectivity index (χ1n) is 5.05. The molecule has 19 heavy (non-hydrogen) atoms. The van der Waals surface area contributed by atoms with E-state index in [1.165, 1.54) is 12.3 Å². The summed E-state index contributed by atoms with van der Waals surface area (Å²) in [6.45, 7) is -0.423. The summed E-state index contributed by atoms with van der Waals surface area (Å²) in [7, 11) is -3.84. The number of halogens is 2. The van der Waals surface area contributed by atoms with Crippen molar-refractivity contribution in [2.45, 2.75) is 11.6 Å². The van der Waals surface area contributed by atoms with Gasteiger partial charge in [-0.25, -0.2) is 0 Å². The molecule has 0 atom stereocenters. The summed E-state index contributed by atoms with van der Waals surface area (Å²) in [6, 6.07) is 4.65. The van der Waals surface area contributed by atoms with Gasteiger partial charge in [-0.2, -0.15) is 13.5 Å². The number of nitrogens with zero attached hydrogens (tertiary/aromatic N) is 1. The number of sulfonamides is 1. The van der Waals surface area contributed by atoms with Gasteiger partial charge in [-0.15, -0.1) is 0 Å². The maximum absolute atomic E-state index is 12.1. The van der Waals surface area contributed by atoms with E-state index in [1.807, 2.05) is 0 Å². The molecule has 0 spiro atoms. The summed E-state index contributed by atoms with van der Waals surface area (Å²) >= 11 is 9.10. The van der Waals surface area contributed by atoms with Gasteiger partial charge in [0.2, 0.25) is 0 Å². The molecule has 2 aromatic rings. The second kappa shape index (κ2) is 5.49. The van der Waals surface area contributed by atoms with Gasteiger partial charge in [0, 0.05) is 10.0 Å². The minimum atomic E-state index is -3.84. The van der Waals surface area contributed by atoms with Crippen molar-refractivity contribution in [3.8, 4) is 0 Å². The fourth-order valence-corrected chi connectivity index (χ4v) is 3.01. The van der Waals surface area contributed by atoms with Crippen LogP contribution < -0.4 is 4.72 Å². The molecular weight excluding hydrogens is 358 g/mol. The van der Waals surface area contributed by atoms with Crippen molar-refractivity contribution in [1.82, 2.24) is 10.2 Å². The molecule has 0 aliphatic rings. The molecule has 0 saturated heterocycles. The molecule has 0 aliphatic heterocycles. The first kappa shape index (κ1) is 14.3. The van der Waals surface area contributed by atoms with Crippen molar-refractivity contribution in [1.29, 1.82) is 0 Å². The van der Waals surface area contributed by atoms with E-state index in [4.69, 9.17) is 16.7 Å². The number of benzene rings is 1. The fourth-order valence-electron chi connectivity index (χ4n) is 1.41. The lowest BCUT2D eigenvalue weighted by molar-refractivity contribution is 0.278. The number of aromatic nitrogens is 2. The van der Waals surface area contributed by atoms with Crippen molar-refractivity contribution in [2.24, 2.45) is 0 Å². The van der Waals surface area contributed by atoms with Crippen molar-refractivity contribution >= 4 is 43.2 Å². The molecular formula is C10H9BrClN3O3S. The van der Waals surface area contributed by atoms with E-state index in [0.717, 1.165) is 0 Å². The molecule has 3 N–H and O–H groups in total. The van der Waals surface area contributed by atoms with E-state index in [9.17, 15) is 8.42 Å². The number of aliphatic hydroxyl groups is 1. The third-order valence-corrected chi connectivity index (χ3v) is 4.92. The van der Waals surface area contributed by atoms with E-state index in [0.29, 0.717) is 15.2 Å². The molecule has 6 nitrogen and oxygen atoms in total. The highest BCUT2D eigenvalue weighted by molar-refractivity contribution is 9.10. The largest absolute Gasteiger partial charge is 0.392 e. The minimum Gasteiger partial charge on any atom is -0.392 e. The normalized spacial score (nSPS) is 11.5.